The van der Waals surface area contributed by atoms with Crippen LogP contribution < -0.4 is 0 Å². The first-order chi connectivity index (χ1) is 8.23. The van der Waals surface area contributed by atoms with Crippen molar-refractivity contribution >= 4 is 17.7 Å². The van der Waals surface area contributed by atoms with E-state index in [0.717, 1.165) is 0 Å². The molecule has 104 valence electrons. The van der Waals surface area contributed by atoms with Crippen molar-refractivity contribution < 1.29 is 24.2 Å². The maximum absolute atomic E-state index is 11.8. The van der Waals surface area contributed by atoms with Crippen LogP contribution >= 0.6 is 0 Å². The summed E-state index contributed by atoms with van der Waals surface area (Å²) in [5.74, 6) is -2.10. The van der Waals surface area contributed by atoms with Crippen LogP contribution in [0.1, 0.15) is 47.0 Å². The molecule has 1 unspecified atom stereocenters. The van der Waals surface area contributed by atoms with Crippen LogP contribution in [0.2, 0.25) is 0 Å². The third kappa shape index (κ3) is 7.04. The predicted molar refractivity (Wildman–Crippen MR) is 66.0 cm³/mol. The number of rotatable bonds is 8. The Labute approximate surface area is 108 Å². The first-order valence-electron chi connectivity index (χ1n) is 6.18. The molecule has 0 spiro atoms. The van der Waals surface area contributed by atoms with Crippen LogP contribution in [0.3, 0.4) is 0 Å². The standard InChI is InChI=1S/C13H22O5/c1-8(2)11(13(17)18-9(3)4)7-10(14)5-6-12(15)16/h8-9,11H,5-7H2,1-4H3,(H,15,16). The van der Waals surface area contributed by atoms with Crippen molar-refractivity contribution in [2.24, 2.45) is 11.8 Å². The van der Waals surface area contributed by atoms with E-state index in [1.165, 1.54) is 0 Å². The lowest BCUT2D eigenvalue weighted by Gasteiger charge is -2.20. The Kier molecular flexibility index (Phi) is 7.24. The number of carboxylic acids is 1. The fourth-order valence-electron chi connectivity index (χ4n) is 1.50. The molecule has 0 rings (SSSR count). The van der Waals surface area contributed by atoms with Crippen LogP contribution in [-0.2, 0) is 19.1 Å². The summed E-state index contributed by atoms with van der Waals surface area (Å²) in [6.07, 6.45) is -0.389. The Morgan fingerprint density at radius 3 is 2.00 bits per heavy atom. The quantitative estimate of drug-likeness (QED) is 0.674. The lowest BCUT2D eigenvalue weighted by atomic mass is 9.89. The average Bonchev–Trinajstić information content (AvgIpc) is 2.21. The van der Waals surface area contributed by atoms with Gasteiger partial charge in [-0.25, -0.2) is 0 Å². The highest BCUT2D eigenvalue weighted by Gasteiger charge is 2.27. The van der Waals surface area contributed by atoms with E-state index in [9.17, 15) is 14.4 Å². The maximum Gasteiger partial charge on any atom is 0.309 e. The second-order valence-corrected chi connectivity index (χ2v) is 4.97. The van der Waals surface area contributed by atoms with E-state index in [4.69, 9.17) is 9.84 Å². The number of carboxylic acid groups (broad SMARTS) is 1. The van der Waals surface area contributed by atoms with Crippen molar-refractivity contribution in [2.45, 2.75) is 53.1 Å². The third-order valence-corrected chi connectivity index (χ3v) is 2.52. The zero-order valence-corrected chi connectivity index (χ0v) is 11.4. The Morgan fingerprint density at radius 2 is 1.61 bits per heavy atom. The fourth-order valence-corrected chi connectivity index (χ4v) is 1.50. The Hall–Kier alpha value is -1.39. The molecule has 0 aliphatic carbocycles. The van der Waals surface area contributed by atoms with E-state index < -0.39 is 11.9 Å². The van der Waals surface area contributed by atoms with Crippen LogP contribution in [0.4, 0.5) is 0 Å². The van der Waals surface area contributed by atoms with Gasteiger partial charge in [-0.3, -0.25) is 14.4 Å². The summed E-state index contributed by atoms with van der Waals surface area (Å²) in [6, 6.07) is 0. The average molecular weight is 258 g/mol. The van der Waals surface area contributed by atoms with E-state index in [1.54, 1.807) is 13.8 Å². The van der Waals surface area contributed by atoms with Crippen LogP contribution in [0.25, 0.3) is 0 Å². The first kappa shape index (κ1) is 16.6. The van der Waals surface area contributed by atoms with Gasteiger partial charge >= 0.3 is 11.9 Å². The van der Waals surface area contributed by atoms with Gasteiger partial charge in [-0.05, 0) is 19.8 Å². The van der Waals surface area contributed by atoms with Gasteiger partial charge in [0.1, 0.15) is 5.78 Å². The molecule has 0 heterocycles. The predicted octanol–water partition coefficient (Wildman–Crippen LogP) is 2.03. The monoisotopic (exact) mass is 258 g/mol. The highest BCUT2D eigenvalue weighted by Crippen LogP contribution is 2.19. The van der Waals surface area contributed by atoms with Crippen LogP contribution in [-0.4, -0.2) is 28.9 Å². The lowest BCUT2D eigenvalue weighted by Crippen LogP contribution is -2.27. The minimum absolute atomic E-state index is 0.00923. The van der Waals surface area contributed by atoms with Gasteiger partial charge in [0.25, 0.3) is 0 Å². The van der Waals surface area contributed by atoms with Gasteiger partial charge in [0.2, 0.25) is 0 Å². The molecule has 0 saturated carbocycles. The number of aliphatic carboxylic acids is 1. The molecule has 0 aliphatic heterocycles. The number of carbonyl (C=O) groups excluding carboxylic acids is 2. The highest BCUT2D eigenvalue weighted by atomic mass is 16.5. The van der Waals surface area contributed by atoms with E-state index >= 15 is 0 Å². The number of Topliss-reactive ketones (excluding diaryl/α,β-unsaturated/α-hetero) is 1. The number of carbonyl (C=O) groups is 3. The van der Waals surface area contributed by atoms with Crippen LogP contribution in [0, 0.1) is 11.8 Å². The molecular weight excluding hydrogens is 236 g/mol. The van der Waals surface area contributed by atoms with Gasteiger partial charge in [-0.2, -0.15) is 0 Å². The number of ketones is 1. The summed E-state index contributed by atoms with van der Waals surface area (Å²) < 4.78 is 5.09. The molecule has 0 aliphatic rings. The molecule has 0 bridgehead atoms. The maximum atomic E-state index is 11.8. The molecule has 5 heteroatoms. The van der Waals surface area contributed by atoms with Gasteiger partial charge in [0, 0.05) is 12.8 Å². The summed E-state index contributed by atoms with van der Waals surface area (Å²) in [4.78, 5) is 33.7. The molecule has 0 aromatic heterocycles. The first-order valence-corrected chi connectivity index (χ1v) is 6.18. The van der Waals surface area contributed by atoms with E-state index in [-0.39, 0.29) is 43.0 Å². The van der Waals surface area contributed by atoms with Gasteiger partial charge in [-0.15, -0.1) is 0 Å². The zero-order valence-electron chi connectivity index (χ0n) is 11.4. The van der Waals surface area contributed by atoms with Gasteiger partial charge in [0.15, 0.2) is 0 Å². The molecule has 0 radical (unpaired) electrons. The smallest absolute Gasteiger partial charge is 0.309 e. The fraction of sp³-hybridized carbons (Fsp3) is 0.769. The molecule has 1 atom stereocenters. The molecule has 0 saturated heterocycles. The minimum atomic E-state index is -1.01. The van der Waals surface area contributed by atoms with Crippen molar-refractivity contribution in [3.05, 3.63) is 0 Å². The third-order valence-electron chi connectivity index (χ3n) is 2.52. The second-order valence-electron chi connectivity index (χ2n) is 4.97. The molecule has 0 aromatic rings. The normalized spacial score (nSPS) is 12.6. The number of esters is 1. The topological polar surface area (TPSA) is 80.7 Å². The highest BCUT2D eigenvalue weighted by molar-refractivity contribution is 5.86. The summed E-state index contributed by atoms with van der Waals surface area (Å²) in [6.45, 7) is 7.19. The molecule has 0 amide bonds. The molecule has 0 aromatic carbocycles. The summed E-state index contributed by atoms with van der Waals surface area (Å²) in [5.41, 5.74) is 0. The zero-order chi connectivity index (χ0) is 14.3. The van der Waals surface area contributed by atoms with Gasteiger partial charge in [0.05, 0.1) is 18.4 Å². The second kappa shape index (κ2) is 7.84. The molecule has 1 N–H and O–H groups in total. The Morgan fingerprint density at radius 1 is 1.06 bits per heavy atom. The lowest BCUT2D eigenvalue weighted by molar-refractivity contribution is -0.155. The van der Waals surface area contributed by atoms with E-state index in [2.05, 4.69) is 0 Å². The Bertz CT molecular complexity index is 307. The molecule has 18 heavy (non-hydrogen) atoms. The number of hydrogen-bond donors (Lipinski definition) is 1. The largest absolute Gasteiger partial charge is 0.481 e. The number of ether oxygens (including phenoxy) is 1. The van der Waals surface area contributed by atoms with Crippen molar-refractivity contribution in [2.75, 3.05) is 0 Å². The Balaban J connectivity index is 4.39. The van der Waals surface area contributed by atoms with Crippen LogP contribution in [0.15, 0.2) is 0 Å². The van der Waals surface area contributed by atoms with Crippen LogP contribution in [0.5, 0.6) is 0 Å². The molecule has 0 fully saturated rings. The van der Waals surface area contributed by atoms with Gasteiger partial charge < -0.3 is 9.84 Å². The summed E-state index contributed by atoms with van der Waals surface area (Å²) in [7, 11) is 0. The van der Waals surface area contributed by atoms with Crippen molar-refractivity contribution in [3.8, 4) is 0 Å². The molecular formula is C13H22O5. The SMILES string of the molecule is CC(C)OC(=O)C(CC(=O)CCC(=O)O)C(C)C. The van der Waals surface area contributed by atoms with Crippen molar-refractivity contribution in [1.82, 2.24) is 0 Å². The minimum Gasteiger partial charge on any atom is -0.481 e. The number of hydrogen-bond acceptors (Lipinski definition) is 4. The van der Waals surface area contributed by atoms with Crippen molar-refractivity contribution in [1.29, 1.82) is 0 Å². The van der Waals surface area contributed by atoms with E-state index in [1.807, 2.05) is 13.8 Å². The summed E-state index contributed by atoms with van der Waals surface area (Å²) in [5, 5.41) is 8.49. The van der Waals surface area contributed by atoms with E-state index in [0.29, 0.717) is 0 Å². The van der Waals surface area contributed by atoms with Crippen molar-refractivity contribution in [3.63, 3.8) is 0 Å². The molecule has 5 nitrogen and oxygen atoms in total. The van der Waals surface area contributed by atoms with Gasteiger partial charge in [-0.1, -0.05) is 13.8 Å². The summed E-state index contributed by atoms with van der Waals surface area (Å²) >= 11 is 0.